The zero-order chi connectivity index (χ0) is 12.8. The van der Waals surface area contributed by atoms with Gasteiger partial charge in [-0.25, -0.2) is 4.52 Å². The van der Waals surface area contributed by atoms with Gasteiger partial charge in [0, 0.05) is 31.5 Å². The third-order valence-corrected chi connectivity index (χ3v) is 2.70. The molecule has 0 unspecified atom stereocenters. The molecule has 0 saturated carbocycles. The lowest BCUT2D eigenvalue weighted by atomic mass is 10.2. The number of pyridine rings is 1. The van der Waals surface area contributed by atoms with E-state index in [-0.39, 0.29) is 0 Å². The zero-order valence-electron chi connectivity index (χ0n) is 11.1. The summed E-state index contributed by atoms with van der Waals surface area (Å²) in [5, 5.41) is 7.68. The van der Waals surface area contributed by atoms with Crippen molar-refractivity contribution in [2.45, 2.75) is 20.4 Å². The maximum Gasteiger partial charge on any atom is 0.0706 e. The molecule has 1 N–H and O–H groups in total. The van der Waals surface area contributed by atoms with Gasteiger partial charge in [0.25, 0.3) is 0 Å². The van der Waals surface area contributed by atoms with Gasteiger partial charge >= 0.3 is 0 Å². The van der Waals surface area contributed by atoms with E-state index in [0.29, 0.717) is 5.92 Å². The quantitative estimate of drug-likeness (QED) is 0.761. The average Bonchev–Trinajstić information content (AvgIpc) is 2.77. The molecule has 0 aromatic carbocycles. The standard InChI is InChI=1S/C14H21N3O/c1-12(2)11-18-8-6-15-9-13-10-16-17-7-4-3-5-14(13)17/h3-5,7,10,12,15H,6,8-9,11H2,1-2H3. The first-order valence-corrected chi connectivity index (χ1v) is 6.47. The Morgan fingerprint density at radius 2 is 2.28 bits per heavy atom. The van der Waals surface area contributed by atoms with Gasteiger partial charge in [0.1, 0.15) is 0 Å². The normalized spacial score (nSPS) is 11.5. The molecule has 0 radical (unpaired) electrons. The third kappa shape index (κ3) is 3.55. The molecule has 0 atom stereocenters. The Balaban J connectivity index is 1.74. The third-order valence-electron chi connectivity index (χ3n) is 2.70. The van der Waals surface area contributed by atoms with Crippen molar-refractivity contribution in [1.29, 1.82) is 0 Å². The molecular formula is C14H21N3O. The molecule has 0 bridgehead atoms. The van der Waals surface area contributed by atoms with Crippen LogP contribution in [0.25, 0.3) is 5.52 Å². The number of aromatic nitrogens is 2. The highest BCUT2D eigenvalue weighted by Crippen LogP contribution is 2.08. The molecule has 18 heavy (non-hydrogen) atoms. The highest BCUT2D eigenvalue weighted by atomic mass is 16.5. The van der Waals surface area contributed by atoms with Crippen molar-refractivity contribution in [2.24, 2.45) is 5.92 Å². The van der Waals surface area contributed by atoms with Crippen molar-refractivity contribution >= 4 is 5.52 Å². The molecule has 4 heteroatoms. The van der Waals surface area contributed by atoms with Crippen LogP contribution in [0.4, 0.5) is 0 Å². The summed E-state index contributed by atoms with van der Waals surface area (Å²) < 4.78 is 7.41. The van der Waals surface area contributed by atoms with Crippen LogP contribution in [0.5, 0.6) is 0 Å². The molecule has 0 aliphatic heterocycles. The highest BCUT2D eigenvalue weighted by Gasteiger charge is 2.02. The molecule has 98 valence electrons. The number of fused-ring (bicyclic) bond motifs is 1. The van der Waals surface area contributed by atoms with E-state index in [1.54, 1.807) is 0 Å². The summed E-state index contributed by atoms with van der Waals surface area (Å²) >= 11 is 0. The summed E-state index contributed by atoms with van der Waals surface area (Å²) in [4.78, 5) is 0. The molecule has 0 aliphatic carbocycles. The number of hydrogen-bond donors (Lipinski definition) is 1. The van der Waals surface area contributed by atoms with Crippen LogP contribution in [0.3, 0.4) is 0 Å². The summed E-state index contributed by atoms with van der Waals surface area (Å²) in [7, 11) is 0. The Labute approximate surface area is 108 Å². The molecule has 2 aromatic rings. The minimum absolute atomic E-state index is 0.601. The van der Waals surface area contributed by atoms with Gasteiger partial charge in [0.15, 0.2) is 0 Å². The Morgan fingerprint density at radius 3 is 3.11 bits per heavy atom. The second-order valence-corrected chi connectivity index (χ2v) is 4.85. The van der Waals surface area contributed by atoms with E-state index < -0.39 is 0 Å². The number of nitrogens with one attached hydrogen (secondary N) is 1. The zero-order valence-corrected chi connectivity index (χ0v) is 11.1. The largest absolute Gasteiger partial charge is 0.380 e. The van der Waals surface area contributed by atoms with Crippen LogP contribution in [-0.2, 0) is 11.3 Å². The van der Waals surface area contributed by atoms with Crippen LogP contribution < -0.4 is 5.32 Å². The molecule has 0 fully saturated rings. The molecule has 0 saturated heterocycles. The molecule has 0 amide bonds. The smallest absolute Gasteiger partial charge is 0.0706 e. The second-order valence-electron chi connectivity index (χ2n) is 4.85. The van der Waals surface area contributed by atoms with Crippen LogP contribution in [0.1, 0.15) is 19.4 Å². The maximum atomic E-state index is 5.52. The fourth-order valence-corrected chi connectivity index (χ4v) is 1.81. The second kappa shape index (κ2) is 6.52. The monoisotopic (exact) mass is 247 g/mol. The van der Waals surface area contributed by atoms with Gasteiger partial charge in [-0.05, 0) is 18.1 Å². The van der Waals surface area contributed by atoms with Crippen LogP contribution in [-0.4, -0.2) is 29.4 Å². The van der Waals surface area contributed by atoms with E-state index in [1.165, 1.54) is 5.56 Å². The summed E-state index contributed by atoms with van der Waals surface area (Å²) in [6, 6.07) is 6.10. The lowest BCUT2D eigenvalue weighted by Gasteiger charge is -2.07. The molecular weight excluding hydrogens is 226 g/mol. The van der Waals surface area contributed by atoms with Crippen LogP contribution in [0.15, 0.2) is 30.6 Å². The van der Waals surface area contributed by atoms with Crippen LogP contribution >= 0.6 is 0 Å². The van der Waals surface area contributed by atoms with Crippen molar-refractivity contribution in [1.82, 2.24) is 14.9 Å². The highest BCUT2D eigenvalue weighted by molar-refractivity contribution is 5.53. The van der Waals surface area contributed by atoms with E-state index >= 15 is 0 Å². The van der Waals surface area contributed by atoms with Gasteiger partial charge in [0.2, 0.25) is 0 Å². The Bertz CT molecular complexity index is 479. The van der Waals surface area contributed by atoms with E-state index in [1.807, 2.05) is 29.0 Å². The van der Waals surface area contributed by atoms with E-state index in [4.69, 9.17) is 4.74 Å². The van der Waals surface area contributed by atoms with Crippen LogP contribution in [0.2, 0.25) is 0 Å². The van der Waals surface area contributed by atoms with Crippen molar-refractivity contribution in [2.75, 3.05) is 19.8 Å². The lowest BCUT2D eigenvalue weighted by Crippen LogP contribution is -2.20. The Hall–Kier alpha value is -1.39. The Kier molecular flexibility index (Phi) is 4.73. The van der Waals surface area contributed by atoms with Crippen molar-refractivity contribution in [3.05, 3.63) is 36.2 Å². The predicted molar refractivity (Wildman–Crippen MR) is 72.6 cm³/mol. The summed E-state index contributed by atoms with van der Waals surface area (Å²) in [5.74, 6) is 0.601. The van der Waals surface area contributed by atoms with Gasteiger partial charge in [-0.1, -0.05) is 19.9 Å². The summed E-state index contributed by atoms with van der Waals surface area (Å²) in [5.41, 5.74) is 2.38. The number of ether oxygens (including phenoxy) is 1. The first-order valence-electron chi connectivity index (χ1n) is 6.47. The average molecular weight is 247 g/mol. The Morgan fingerprint density at radius 1 is 1.39 bits per heavy atom. The van der Waals surface area contributed by atoms with Gasteiger partial charge in [-0.15, -0.1) is 0 Å². The topological polar surface area (TPSA) is 38.6 Å². The molecule has 2 aromatic heterocycles. The lowest BCUT2D eigenvalue weighted by molar-refractivity contribution is 0.111. The molecule has 4 nitrogen and oxygen atoms in total. The van der Waals surface area contributed by atoms with Gasteiger partial charge in [-0.2, -0.15) is 5.10 Å². The van der Waals surface area contributed by atoms with Gasteiger partial charge in [0.05, 0.1) is 18.3 Å². The minimum atomic E-state index is 0.601. The molecule has 2 heterocycles. The molecule has 2 rings (SSSR count). The predicted octanol–water partition coefficient (Wildman–Crippen LogP) is 2.10. The molecule has 0 aliphatic rings. The SMILES string of the molecule is CC(C)COCCNCc1cnn2ccccc12. The van der Waals surface area contributed by atoms with Crippen molar-refractivity contribution in [3.63, 3.8) is 0 Å². The number of hydrogen-bond acceptors (Lipinski definition) is 3. The fourth-order valence-electron chi connectivity index (χ4n) is 1.81. The number of rotatable bonds is 7. The van der Waals surface area contributed by atoms with E-state index in [9.17, 15) is 0 Å². The van der Waals surface area contributed by atoms with Crippen molar-refractivity contribution < 1.29 is 4.74 Å². The maximum absolute atomic E-state index is 5.52. The summed E-state index contributed by atoms with van der Waals surface area (Å²) in [6.07, 6.45) is 3.88. The van der Waals surface area contributed by atoms with E-state index in [0.717, 1.165) is 31.8 Å². The first-order chi connectivity index (χ1) is 8.77. The fraction of sp³-hybridized carbons (Fsp3) is 0.500. The van der Waals surface area contributed by atoms with Crippen LogP contribution in [0, 0.1) is 5.92 Å². The molecule has 0 spiro atoms. The minimum Gasteiger partial charge on any atom is -0.380 e. The van der Waals surface area contributed by atoms with Gasteiger partial charge < -0.3 is 10.1 Å². The summed E-state index contributed by atoms with van der Waals surface area (Å²) in [6.45, 7) is 7.62. The van der Waals surface area contributed by atoms with Crippen molar-refractivity contribution in [3.8, 4) is 0 Å². The van der Waals surface area contributed by atoms with Gasteiger partial charge in [-0.3, -0.25) is 0 Å². The van der Waals surface area contributed by atoms with E-state index in [2.05, 4.69) is 30.3 Å². The number of nitrogens with zero attached hydrogens (tertiary/aromatic N) is 2. The first kappa shape index (κ1) is 13.1.